The standard InChI is InChI=1S/C9H18N4/c1-9(2,12(3)4)7-13-6-5-8(10)11-13/h5-6H,7H2,1-4H3,(H2,10,11). The summed E-state index contributed by atoms with van der Waals surface area (Å²) in [6.45, 7) is 5.19. The fourth-order valence-electron chi connectivity index (χ4n) is 1.00. The summed E-state index contributed by atoms with van der Waals surface area (Å²) in [5.74, 6) is 0.578. The second-order valence-corrected chi connectivity index (χ2v) is 4.15. The lowest BCUT2D eigenvalue weighted by molar-refractivity contribution is 0.164. The van der Waals surface area contributed by atoms with E-state index in [0.29, 0.717) is 5.82 Å². The number of nitrogens with zero attached hydrogens (tertiary/aromatic N) is 3. The highest BCUT2D eigenvalue weighted by Gasteiger charge is 2.21. The number of hydrogen-bond acceptors (Lipinski definition) is 3. The molecular formula is C9H18N4. The monoisotopic (exact) mass is 182 g/mol. The Bertz CT molecular complexity index is 275. The summed E-state index contributed by atoms with van der Waals surface area (Å²) in [6.07, 6.45) is 1.90. The van der Waals surface area contributed by atoms with Gasteiger partial charge in [-0.3, -0.25) is 4.68 Å². The molecule has 1 rings (SSSR count). The van der Waals surface area contributed by atoms with Crippen LogP contribution in [0.1, 0.15) is 13.8 Å². The minimum absolute atomic E-state index is 0.0957. The average molecular weight is 182 g/mol. The molecule has 4 nitrogen and oxygen atoms in total. The lowest BCUT2D eigenvalue weighted by Crippen LogP contribution is -2.42. The van der Waals surface area contributed by atoms with Crippen LogP contribution in [0.2, 0.25) is 0 Å². The molecule has 1 heterocycles. The Morgan fingerprint density at radius 2 is 2.15 bits per heavy atom. The Morgan fingerprint density at radius 3 is 2.54 bits per heavy atom. The van der Waals surface area contributed by atoms with Crippen LogP contribution in [0.4, 0.5) is 5.82 Å². The van der Waals surface area contributed by atoms with Gasteiger partial charge in [0.1, 0.15) is 5.82 Å². The Morgan fingerprint density at radius 1 is 1.54 bits per heavy atom. The van der Waals surface area contributed by atoms with Crippen molar-refractivity contribution in [1.82, 2.24) is 14.7 Å². The van der Waals surface area contributed by atoms with Crippen LogP contribution < -0.4 is 5.73 Å². The highest BCUT2D eigenvalue weighted by molar-refractivity contribution is 5.23. The van der Waals surface area contributed by atoms with Crippen LogP contribution in [-0.2, 0) is 6.54 Å². The molecular weight excluding hydrogens is 164 g/mol. The highest BCUT2D eigenvalue weighted by Crippen LogP contribution is 2.12. The number of nitrogen functional groups attached to an aromatic ring is 1. The first-order valence-electron chi connectivity index (χ1n) is 4.38. The van der Waals surface area contributed by atoms with Crippen molar-refractivity contribution < 1.29 is 0 Å². The third kappa shape index (κ3) is 2.45. The zero-order valence-electron chi connectivity index (χ0n) is 8.78. The van der Waals surface area contributed by atoms with Gasteiger partial charge in [0.05, 0.1) is 6.54 Å². The number of anilines is 1. The molecule has 1 aromatic heterocycles. The van der Waals surface area contributed by atoms with Crippen molar-refractivity contribution in [1.29, 1.82) is 0 Å². The zero-order valence-corrected chi connectivity index (χ0v) is 8.78. The molecule has 0 spiro atoms. The summed E-state index contributed by atoms with van der Waals surface area (Å²) >= 11 is 0. The van der Waals surface area contributed by atoms with Gasteiger partial charge in [0.25, 0.3) is 0 Å². The van der Waals surface area contributed by atoms with Gasteiger partial charge in [-0.2, -0.15) is 5.10 Å². The van der Waals surface area contributed by atoms with Crippen LogP contribution in [0, 0.1) is 0 Å². The molecule has 0 saturated heterocycles. The molecule has 0 amide bonds. The smallest absolute Gasteiger partial charge is 0.145 e. The highest BCUT2D eigenvalue weighted by atomic mass is 15.3. The Kier molecular flexibility index (Phi) is 2.61. The van der Waals surface area contributed by atoms with Crippen molar-refractivity contribution >= 4 is 5.82 Å². The van der Waals surface area contributed by atoms with E-state index in [1.807, 2.05) is 16.9 Å². The maximum atomic E-state index is 5.53. The van der Waals surface area contributed by atoms with Gasteiger partial charge >= 0.3 is 0 Å². The first-order valence-corrected chi connectivity index (χ1v) is 4.38. The van der Waals surface area contributed by atoms with Crippen LogP contribution in [0.25, 0.3) is 0 Å². The Balaban J connectivity index is 2.68. The van der Waals surface area contributed by atoms with Crippen molar-refractivity contribution in [2.24, 2.45) is 0 Å². The number of rotatable bonds is 3. The van der Waals surface area contributed by atoms with Gasteiger partial charge in [-0.25, -0.2) is 0 Å². The van der Waals surface area contributed by atoms with Crippen molar-refractivity contribution in [2.75, 3.05) is 19.8 Å². The van der Waals surface area contributed by atoms with Gasteiger partial charge in [-0.05, 0) is 34.0 Å². The number of likely N-dealkylation sites (N-methyl/N-ethyl adjacent to an activating group) is 1. The van der Waals surface area contributed by atoms with E-state index in [2.05, 4.69) is 37.9 Å². The lowest BCUT2D eigenvalue weighted by Gasteiger charge is -2.32. The summed E-state index contributed by atoms with van der Waals surface area (Å²) in [5, 5.41) is 4.15. The Hall–Kier alpha value is -1.03. The quantitative estimate of drug-likeness (QED) is 0.752. The molecule has 0 unspecified atom stereocenters. The van der Waals surface area contributed by atoms with Gasteiger partial charge in [0.15, 0.2) is 0 Å². The van der Waals surface area contributed by atoms with E-state index in [9.17, 15) is 0 Å². The van der Waals surface area contributed by atoms with Gasteiger partial charge in [0, 0.05) is 11.7 Å². The van der Waals surface area contributed by atoms with E-state index in [4.69, 9.17) is 5.73 Å². The van der Waals surface area contributed by atoms with Crippen molar-refractivity contribution in [2.45, 2.75) is 25.9 Å². The molecule has 0 fully saturated rings. The third-order valence-corrected chi connectivity index (χ3v) is 2.42. The molecule has 0 aromatic carbocycles. The topological polar surface area (TPSA) is 47.1 Å². The number of hydrogen-bond donors (Lipinski definition) is 1. The van der Waals surface area contributed by atoms with Crippen LogP contribution in [0.3, 0.4) is 0 Å². The molecule has 74 valence electrons. The molecule has 4 heteroatoms. The summed E-state index contributed by atoms with van der Waals surface area (Å²) < 4.78 is 1.87. The van der Waals surface area contributed by atoms with E-state index in [0.717, 1.165) is 6.54 Å². The maximum Gasteiger partial charge on any atom is 0.145 e. The van der Waals surface area contributed by atoms with Crippen molar-refractivity contribution in [3.63, 3.8) is 0 Å². The molecule has 0 aliphatic heterocycles. The maximum absolute atomic E-state index is 5.53. The second kappa shape index (κ2) is 3.38. The summed E-state index contributed by atoms with van der Waals surface area (Å²) in [4.78, 5) is 2.17. The minimum Gasteiger partial charge on any atom is -0.382 e. The predicted molar refractivity (Wildman–Crippen MR) is 54.4 cm³/mol. The van der Waals surface area contributed by atoms with Crippen molar-refractivity contribution in [3.8, 4) is 0 Å². The van der Waals surface area contributed by atoms with Gasteiger partial charge in [-0.1, -0.05) is 0 Å². The van der Waals surface area contributed by atoms with E-state index in [1.54, 1.807) is 0 Å². The van der Waals surface area contributed by atoms with Gasteiger partial charge in [-0.15, -0.1) is 0 Å². The van der Waals surface area contributed by atoms with E-state index >= 15 is 0 Å². The average Bonchev–Trinajstić information content (AvgIpc) is 2.34. The van der Waals surface area contributed by atoms with Gasteiger partial charge < -0.3 is 10.6 Å². The summed E-state index contributed by atoms with van der Waals surface area (Å²) in [7, 11) is 4.12. The first kappa shape index (κ1) is 10.1. The fraction of sp³-hybridized carbons (Fsp3) is 0.667. The number of aromatic nitrogens is 2. The fourth-order valence-corrected chi connectivity index (χ4v) is 1.00. The summed E-state index contributed by atoms with van der Waals surface area (Å²) in [6, 6.07) is 1.81. The SMILES string of the molecule is CN(C)C(C)(C)Cn1ccc(N)n1. The first-order chi connectivity index (χ1) is 5.92. The van der Waals surface area contributed by atoms with Crippen LogP contribution >= 0.6 is 0 Å². The Labute approximate surface area is 79.3 Å². The predicted octanol–water partition coefficient (Wildman–Crippen LogP) is 0.805. The van der Waals surface area contributed by atoms with Crippen LogP contribution in [0.5, 0.6) is 0 Å². The van der Waals surface area contributed by atoms with E-state index < -0.39 is 0 Å². The third-order valence-electron chi connectivity index (χ3n) is 2.42. The van der Waals surface area contributed by atoms with Crippen LogP contribution in [-0.4, -0.2) is 34.3 Å². The second-order valence-electron chi connectivity index (χ2n) is 4.15. The zero-order chi connectivity index (χ0) is 10.1. The molecule has 0 aliphatic rings. The molecule has 0 saturated carbocycles. The molecule has 2 N–H and O–H groups in total. The number of nitrogens with two attached hydrogens (primary N) is 1. The van der Waals surface area contributed by atoms with E-state index in [1.165, 1.54) is 0 Å². The molecule has 1 aromatic rings. The largest absolute Gasteiger partial charge is 0.382 e. The molecule has 0 radical (unpaired) electrons. The van der Waals surface area contributed by atoms with E-state index in [-0.39, 0.29) is 5.54 Å². The molecule has 0 aliphatic carbocycles. The summed E-state index contributed by atoms with van der Waals surface area (Å²) in [5.41, 5.74) is 5.62. The van der Waals surface area contributed by atoms with Crippen LogP contribution in [0.15, 0.2) is 12.3 Å². The van der Waals surface area contributed by atoms with Crippen molar-refractivity contribution in [3.05, 3.63) is 12.3 Å². The molecule has 13 heavy (non-hydrogen) atoms. The minimum atomic E-state index is 0.0957. The molecule has 0 atom stereocenters. The molecule has 0 bridgehead atoms. The normalized spacial score (nSPS) is 12.4. The lowest BCUT2D eigenvalue weighted by atomic mass is 10.1. The van der Waals surface area contributed by atoms with Gasteiger partial charge in [0.2, 0.25) is 0 Å².